The number of aromatic nitrogens is 1. The van der Waals surface area contributed by atoms with Crippen LogP contribution in [-0.4, -0.2) is 53.9 Å². The fourth-order valence-electron chi connectivity index (χ4n) is 2.61. The van der Waals surface area contributed by atoms with Crippen LogP contribution in [0.15, 0.2) is 30.3 Å². The lowest BCUT2D eigenvalue weighted by molar-refractivity contribution is 0.180. The molecule has 2 heterocycles. The summed E-state index contributed by atoms with van der Waals surface area (Å²) >= 11 is 0. The Morgan fingerprint density at radius 3 is 2.68 bits per heavy atom. The van der Waals surface area contributed by atoms with Crippen molar-refractivity contribution in [3.8, 4) is 0 Å². The van der Waals surface area contributed by atoms with Gasteiger partial charge in [0.05, 0.1) is 0 Å². The highest BCUT2D eigenvalue weighted by Crippen LogP contribution is 2.15. The molecule has 0 unspecified atom stereocenters. The summed E-state index contributed by atoms with van der Waals surface area (Å²) in [5, 5.41) is 1.28. The molecule has 1 amide bonds. The standard InChI is InChI=1S/C15H18N3O/c19-12-18-9-7-17(8-10-18)6-5-14-11-13-3-1-2-4-15(13)16-14/h1-4,11,16H,5-10H2. The Labute approximate surface area is 113 Å². The molecular formula is C15H18N3O. The summed E-state index contributed by atoms with van der Waals surface area (Å²) < 4.78 is 0. The summed E-state index contributed by atoms with van der Waals surface area (Å²) in [5.41, 5.74) is 2.49. The minimum atomic E-state index is 0.802. The molecule has 1 aliphatic heterocycles. The molecule has 1 aliphatic rings. The van der Waals surface area contributed by atoms with Crippen LogP contribution in [0.1, 0.15) is 5.69 Å². The Kier molecular flexibility index (Phi) is 3.51. The number of benzene rings is 1. The van der Waals surface area contributed by atoms with Gasteiger partial charge in [-0.25, -0.2) is 0 Å². The van der Waals surface area contributed by atoms with Gasteiger partial charge in [0.15, 0.2) is 0 Å². The minimum absolute atomic E-state index is 0.802. The molecule has 1 fully saturated rings. The highest BCUT2D eigenvalue weighted by atomic mass is 16.1. The largest absolute Gasteiger partial charge is 0.358 e. The molecule has 1 aromatic carbocycles. The molecule has 1 aromatic heterocycles. The van der Waals surface area contributed by atoms with Crippen molar-refractivity contribution in [3.63, 3.8) is 0 Å². The minimum Gasteiger partial charge on any atom is -0.358 e. The van der Waals surface area contributed by atoms with E-state index in [0.29, 0.717) is 0 Å². The Balaban J connectivity index is 1.56. The van der Waals surface area contributed by atoms with E-state index in [0.717, 1.165) is 39.1 Å². The number of aromatic amines is 1. The fourth-order valence-corrected chi connectivity index (χ4v) is 2.61. The average molecular weight is 256 g/mol. The van der Waals surface area contributed by atoms with Gasteiger partial charge in [0.25, 0.3) is 0 Å². The van der Waals surface area contributed by atoms with Gasteiger partial charge >= 0.3 is 6.41 Å². The number of rotatable bonds is 4. The number of nitrogens with zero attached hydrogens (tertiary/aromatic N) is 2. The molecule has 0 aliphatic carbocycles. The van der Waals surface area contributed by atoms with E-state index >= 15 is 0 Å². The summed E-state index contributed by atoms with van der Waals surface area (Å²) in [6.45, 7) is 4.55. The van der Waals surface area contributed by atoms with Crippen molar-refractivity contribution in [3.05, 3.63) is 36.0 Å². The molecule has 0 bridgehead atoms. The average Bonchev–Trinajstić information content (AvgIpc) is 2.88. The Bertz CT molecular complexity index is 522. The van der Waals surface area contributed by atoms with Gasteiger partial charge in [-0.15, -0.1) is 0 Å². The second-order valence-electron chi connectivity index (χ2n) is 5.05. The van der Waals surface area contributed by atoms with E-state index in [4.69, 9.17) is 0 Å². The zero-order valence-corrected chi connectivity index (χ0v) is 10.9. The van der Waals surface area contributed by atoms with Gasteiger partial charge in [-0.3, -0.25) is 9.69 Å². The highest BCUT2D eigenvalue weighted by molar-refractivity contribution is 5.80. The van der Waals surface area contributed by atoms with Crippen molar-refractivity contribution in [2.75, 3.05) is 32.7 Å². The number of nitrogens with one attached hydrogen (secondary N) is 1. The predicted molar refractivity (Wildman–Crippen MR) is 75.7 cm³/mol. The Hall–Kier alpha value is -1.81. The van der Waals surface area contributed by atoms with E-state index < -0.39 is 0 Å². The lowest BCUT2D eigenvalue weighted by atomic mass is 10.2. The summed E-state index contributed by atoms with van der Waals surface area (Å²) in [6.07, 6.45) is 2.99. The first-order valence-corrected chi connectivity index (χ1v) is 6.77. The number of carbonyl (C=O) groups excluding carboxylic acids is 1. The molecule has 2 aromatic rings. The van der Waals surface area contributed by atoms with E-state index in [9.17, 15) is 4.79 Å². The molecule has 0 atom stereocenters. The van der Waals surface area contributed by atoms with Crippen LogP contribution in [0.4, 0.5) is 0 Å². The van der Waals surface area contributed by atoms with Gasteiger partial charge in [0, 0.05) is 50.4 Å². The third kappa shape index (κ3) is 2.79. The van der Waals surface area contributed by atoms with Crippen LogP contribution < -0.4 is 0 Å². The van der Waals surface area contributed by atoms with E-state index in [-0.39, 0.29) is 0 Å². The van der Waals surface area contributed by atoms with Crippen molar-refractivity contribution in [2.45, 2.75) is 6.42 Å². The van der Waals surface area contributed by atoms with Crippen LogP contribution in [-0.2, 0) is 11.2 Å². The SMILES string of the molecule is O=[C]N1CCN(CCc2cc3ccccc3[nH]2)CC1. The maximum absolute atomic E-state index is 10.5. The van der Waals surface area contributed by atoms with E-state index in [1.54, 1.807) is 4.90 Å². The summed E-state index contributed by atoms with van der Waals surface area (Å²) in [4.78, 5) is 18.1. The first-order chi connectivity index (χ1) is 9.35. The molecule has 0 saturated carbocycles. The summed E-state index contributed by atoms with van der Waals surface area (Å²) in [5.74, 6) is 0. The van der Waals surface area contributed by atoms with Crippen molar-refractivity contribution in [2.24, 2.45) is 0 Å². The van der Waals surface area contributed by atoms with Gasteiger partial charge in [-0.05, 0) is 17.5 Å². The van der Waals surface area contributed by atoms with Gasteiger partial charge in [0.1, 0.15) is 0 Å². The third-order valence-electron chi connectivity index (χ3n) is 3.78. The van der Waals surface area contributed by atoms with Crippen molar-refractivity contribution < 1.29 is 4.79 Å². The molecule has 1 N–H and O–H groups in total. The topological polar surface area (TPSA) is 39.3 Å². The number of H-pyrrole nitrogens is 1. The number of para-hydroxylation sites is 1. The van der Waals surface area contributed by atoms with E-state index in [1.807, 2.05) is 6.41 Å². The van der Waals surface area contributed by atoms with Crippen LogP contribution in [0, 0.1) is 0 Å². The van der Waals surface area contributed by atoms with Crippen LogP contribution in [0.25, 0.3) is 10.9 Å². The fraction of sp³-hybridized carbons (Fsp3) is 0.400. The number of amides is 1. The number of hydrogen-bond acceptors (Lipinski definition) is 2. The lowest BCUT2D eigenvalue weighted by Gasteiger charge is -2.31. The van der Waals surface area contributed by atoms with Crippen molar-refractivity contribution in [1.29, 1.82) is 0 Å². The molecule has 1 radical (unpaired) electrons. The molecule has 4 nitrogen and oxygen atoms in total. The van der Waals surface area contributed by atoms with Crippen LogP contribution in [0.5, 0.6) is 0 Å². The zero-order chi connectivity index (χ0) is 13.1. The predicted octanol–water partition coefficient (Wildman–Crippen LogP) is 1.40. The van der Waals surface area contributed by atoms with Crippen LogP contribution >= 0.6 is 0 Å². The maximum atomic E-state index is 10.5. The first-order valence-electron chi connectivity index (χ1n) is 6.77. The van der Waals surface area contributed by atoms with E-state index in [2.05, 4.69) is 40.2 Å². The molecule has 19 heavy (non-hydrogen) atoms. The van der Waals surface area contributed by atoms with Gasteiger partial charge < -0.3 is 9.88 Å². The quantitative estimate of drug-likeness (QED) is 0.898. The molecule has 1 saturated heterocycles. The van der Waals surface area contributed by atoms with Crippen molar-refractivity contribution in [1.82, 2.24) is 14.8 Å². The Morgan fingerprint density at radius 2 is 1.95 bits per heavy atom. The molecule has 99 valence electrons. The molecule has 3 rings (SSSR count). The second-order valence-corrected chi connectivity index (χ2v) is 5.05. The summed E-state index contributed by atoms with van der Waals surface area (Å²) in [6, 6.07) is 10.6. The highest BCUT2D eigenvalue weighted by Gasteiger charge is 2.15. The van der Waals surface area contributed by atoms with Crippen molar-refractivity contribution >= 4 is 17.3 Å². The van der Waals surface area contributed by atoms with Crippen LogP contribution in [0.3, 0.4) is 0 Å². The van der Waals surface area contributed by atoms with Gasteiger partial charge in [0.2, 0.25) is 0 Å². The number of piperazine rings is 1. The third-order valence-corrected chi connectivity index (χ3v) is 3.78. The molecule has 0 spiro atoms. The molecule has 4 heteroatoms. The lowest BCUT2D eigenvalue weighted by Crippen LogP contribution is -2.46. The maximum Gasteiger partial charge on any atom is 0.312 e. The second kappa shape index (κ2) is 5.45. The smallest absolute Gasteiger partial charge is 0.312 e. The first kappa shape index (κ1) is 12.2. The number of hydrogen-bond donors (Lipinski definition) is 1. The molecular weight excluding hydrogens is 238 g/mol. The van der Waals surface area contributed by atoms with Gasteiger partial charge in [-0.1, -0.05) is 18.2 Å². The zero-order valence-electron chi connectivity index (χ0n) is 10.9. The monoisotopic (exact) mass is 256 g/mol. The number of fused-ring (bicyclic) bond motifs is 1. The normalized spacial score (nSPS) is 16.9. The Morgan fingerprint density at radius 1 is 1.16 bits per heavy atom. The summed E-state index contributed by atoms with van der Waals surface area (Å²) in [7, 11) is 0. The van der Waals surface area contributed by atoms with E-state index in [1.165, 1.54) is 16.6 Å². The van der Waals surface area contributed by atoms with Gasteiger partial charge in [-0.2, -0.15) is 0 Å². The van der Waals surface area contributed by atoms with Crippen LogP contribution in [0.2, 0.25) is 0 Å².